The predicted molar refractivity (Wildman–Crippen MR) is 103 cm³/mol. The molecular formula is C19H20N4O3S. The number of carbonyl (C=O) groups excluding carboxylic acids is 2. The van der Waals surface area contributed by atoms with Gasteiger partial charge >= 0.3 is 0 Å². The topological polar surface area (TPSA) is 97.1 Å². The monoisotopic (exact) mass is 384 g/mol. The van der Waals surface area contributed by atoms with Gasteiger partial charge in [-0.3, -0.25) is 9.59 Å². The van der Waals surface area contributed by atoms with Crippen LogP contribution in [0.1, 0.15) is 24.1 Å². The number of nitrogens with zero attached hydrogens (tertiary/aromatic N) is 2. The van der Waals surface area contributed by atoms with Crippen LogP contribution in [0.4, 0.5) is 5.82 Å². The normalized spacial score (nSPS) is 11.8. The Morgan fingerprint density at radius 3 is 2.74 bits per heavy atom. The lowest BCUT2D eigenvalue weighted by molar-refractivity contribution is -0.126. The number of hydrogen-bond donors (Lipinski definition) is 2. The van der Waals surface area contributed by atoms with E-state index < -0.39 is 6.04 Å². The van der Waals surface area contributed by atoms with Crippen LogP contribution in [0, 0.1) is 6.92 Å². The maximum Gasteiger partial charge on any atom is 0.247 e. The van der Waals surface area contributed by atoms with Crippen LogP contribution in [0.5, 0.6) is 0 Å². The Morgan fingerprint density at radius 2 is 2.04 bits per heavy atom. The van der Waals surface area contributed by atoms with Gasteiger partial charge in [-0.1, -0.05) is 35.5 Å². The Labute approximate surface area is 160 Å². The van der Waals surface area contributed by atoms with E-state index >= 15 is 0 Å². The second-order valence-corrected chi connectivity index (χ2v) is 7.04. The third-order valence-corrected chi connectivity index (χ3v) is 4.75. The summed E-state index contributed by atoms with van der Waals surface area (Å²) < 4.78 is 4.89. The third-order valence-electron chi connectivity index (χ3n) is 3.84. The van der Waals surface area contributed by atoms with Crippen molar-refractivity contribution in [2.24, 2.45) is 0 Å². The van der Waals surface area contributed by atoms with Crippen molar-refractivity contribution in [1.29, 1.82) is 0 Å². The molecule has 1 atom stereocenters. The molecule has 8 heteroatoms. The Kier molecular flexibility index (Phi) is 5.97. The first kappa shape index (κ1) is 18.8. The molecule has 0 spiro atoms. The number of aryl methyl sites for hydroxylation is 2. The number of benzene rings is 1. The molecule has 3 rings (SSSR count). The van der Waals surface area contributed by atoms with Gasteiger partial charge in [-0.15, -0.1) is 11.3 Å². The summed E-state index contributed by atoms with van der Waals surface area (Å²) in [6, 6.07) is 10.8. The van der Waals surface area contributed by atoms with E-state index in [2.05, 4.69) is 20.8 Å². The summed E-state index contributed by atoms with van der Waals surface area (Å²) in [4.78, 5) is 28.8. The zero-order valence-electron chi connectivity index (χ0n) is 15.1. The molecule has 0 bridgehead atoms. The molecule has 2 amide bonds. The number of thiazole rings is 1. The van der Waals surface area contributed by atoms with E-state index in [1.807, 2.05) is 35.7 Å². The minimum absolute atomic E-state index is 0.203. The fraction of sp³-hybridized carbons (Fsp3) is 0.263. The van der Waals surface area contributed by atoms with Gasteiger partial charge in [-0.05, 0) is 13.8 Å². The molecule has 1 aromatic carbocycles. The summed E-state index contributed by atoms with van der Waals surface area (Å²) in [7, 11) is 0. The third kappa shape index (κ3) is 5.24. The van der Waals surface area contributed by atoms with Gasteiger partial charge in [-0.2, -0.15) is 0 Å². The highest BCUT2D eigenvalue weighted by atomic mass is 32.1. The summed E-state index contributed by atoms with van der Waals surface area (Å²) in [6.07, 6.45) is 0.794. The van der Waals surface area contributed by atoms with Crippen LogP contribution in [0.25, 0.3) is 11.3 Å². The molecule has 140 valence electrons. The second kappa shape index (κ2) is 8.59. The molecule has 7 nitrogen and oxygen atoms in total. The fourth-order valence-electron chi connectivity index (χ4n) is 2.43. The average Bonchev–Trinajstić information content (AvgIpc) is 3.29. The predicted octanol–water partition coefficient (Wildman–Crippen LogP) is 3.18. The van der Waals surface area contributed by atoms with Crippen LogP contribution in [0.15, 0.2) is 46.3 Å². The van der Waals surface area contributed by atoms with Crippen molar-refractivity contribution in [2.75, 3.05) is 5.32 Å². The maximum atomic E-state index is 12.1. The highest BCUT2D eigenvalue weighted by Crippen LogP contribution is 2.22. The molecule has 27 heavy (non-hydrogen) atoms. The Bertz CT molecular complexity index is 920. The van der Waals surface area contributed by atoms with E-state index in [9.17, 15) is 9.59 Å². The number of anilines is 1. The molecule has 0 aliphatic rings. The van der Waals surface area contributed by atoms with Crippen molar-refractivity contribution in [3.63, 3.8) is 0 Å². The van der Waals surface area contributed by atoms with Crippen molar-refractivity contribution in [3.05, 3.63) is 52.5 Å². The minimum atomic E-state index is -0.675. The first-order chi connectivity index (χ1) is 13.0. The van der Waals surface area contributed by atoms with Crippen LogP contribution in [0.3, 0.4) is 0 Å². The molecule has 0 aliphatic heterocycles. The van der Waals surface area contributed by atoms with E-state index in [4.69, 9.17) is 4.52 Å². The van der Waals surface area contributed by atoms with Crippen LogP contribution < -0.4 is 10.6 Å². The molecule has 3 aromatic rings. The summed E-state index contributed by atoms with van der Waals surface area (Å²) in [6.45, 7) is 3.35. The molecule has 0 fully saturated rings. The van der Waals surface area contributed by atoms with Crippen molar-refractivity contribution in [3.8, 4) is 11.3 Å². The van der Waals surface area contributed by atoms with E-state index in [0.717, 1.165) is 16.3 Å². The lowest BCUT2D eigenvalue weighted by Gasteiger charge is -2.12. The highest BCUT2D eigenvalue weighted by molar-refractivity contribution is 7.09. The molecule has 2 N–H and O–H groups in total. The Morgan fingerprint density at radius 1 is 1.26 bits per heavy atom. The van der Waals surface area contributed by atoms with Crippen LogP contribution in [0.2, 0.25) is 0 Å². The number of carbonyl (C=O) groups is 2. The minimum Gasteiger partial charge on any atom is -0.360 e. The van der Waals surface area contributed by atoms with E-state index in [1.165, 1.54) is 11.3 Å². The lowest BCUT2D eigenvalue weighted by atomic mass is 10.2. The number of nitrogens with one attached hydrogen (secondary N) is 2. The summed E-state index contributed by atoms with van der Waals surface area (Å²) in [5, 5.41) is 11.8. The van der Waals surface area contributed by atoms with Gasteiger partial charge in [0, 0.05) is 29.9 Å². The van der Waals surface area contributed by atoms with Crippen molar-refractivity contribution < 1.29 is 14.1 Å². The van der Waals surface area contributed by atoms with Crippen LogP contribution in [-0.4, -0.2) is 28.0 Å². The fourth-order valence-corrected chi connectivity index (χ4v) is 3.23. The number of aromatic nitrogens is 2. The van der Waals surface area contributed by atoms with E-state index in [-0.39, 0.29) is 18.2 Å². The molecule has 2 aromatic heterocycles. The first-order valence-corrected chi connectivity index (χ1v) is 9.42. The van der Waals surface area contributed by atoms with Gasteiger partial charge in [0.1, 0.15) is 11.8 Å². The van der Waals surface area contributed by atoms with Gasteiger partial charge < -0.3 is 15.2 Å². The first-order valence-electron chi connectivity index (χ1n) is 8.54. The molecule has 2 heterocycles. The van der Waals surface area contributed by atoms with Crippen LogP contribution in [-0.2, 0) is 16.0 Å². The zero-order chi connectivity index (χ0) is 19.2. The number of amides is 2. The summed E-state index contributed by atoms with van der Waals surface area (Å²) >= 11 is 1.53. The summed E-state index contributed by atoms with van der Waals surface area (Å²) in [5.41, 5.74) is 1.96. The Balaban J connectivity index is 1.46. The second-order valence-electron chi connectivity index (χ2n) is 6.09. The van der Waals surface area contributed by atoms with Gasteiger partial charge in [-0.25, -0.2) is 4.98 Å². The molecule has 0 saturated heterocycles. The van der Waals surface area contributed by atoms with Crippen molar-refractivity contribution in [1.82, 2.24) is 15.5 Å². The maximum absolute atomic E-state index is 12.1. The van der Waals surface area contributed by atoms with Gasteiger partial charge in [0.25, 0.3) is 0 Å². The smallest absolute Gasteiger partial charge is 0.247 e. The largest absolute Gasteiger partial charge is 0.360 e. The van der Waals surface area contributed by atoms with E-state index in [1.54, 1.807) is 19.9 Å². The summed E-state index contributed by atoms with van der Waals surface area (Å²) in [5.74, 6) is 0.373. The number of hydrogen-bond acceptors (Lipinski definition) is 6. The quantitative estimate of drug-likeness (QED) is 0.652. The molecular weight excluding hydrogens is 364 g/mol. The van der Waals surface area contributed by atoms with E-state index in [0.29, 0.717) is 18.0 Å². The van der Waals surface area contributed by atoms with Gasteiger partial charge in [0.2, 0.25) is 11.8 Å². The SMILES string of the molecule is Cc1cc(NC(=O)C(C)NC(=O)CCc2nc(-c3ccccc3)cs2)no1. The highest BCUT2D eigenvalue weighted by Gasteiger charge is 2.17. The molecule has 0 radical (unpaired) electrons. The van der Waals surface area contributed by atoms with Gasteiger partial charge in [0.05, 0.1) is 10.7 Å². The van der Waals surface area contributed by atoms with Crippen molar-refractivity contribution in [2.45, 2.75) is 32.7 Å². The molecule has 1 unspecified atom stereocenters. The standard InChI is InChI=1S/C19H20N4O3S/c1-12-10-16(23-26-12)22-19(25)13(2)20-17(24)8-9-18-21-15(11-27-18)14-6-4-3-5-7-14/h3-7,10-11,13H,8-9H2,1-2H3,(H,20,24)(H,22,23,25). The van der Waals surface area contributed by atoms with Gasteiger partial charge in [0.15, 0.2) is 5.82 Å². The molecule has 0 saturated carbocycles. The zero-order valence-corrected chi connectivity index (χ0v) is 15.9. The van der Waals surface area contributed by atoms with Crippen LogP contribution >= 0.6 is 11.3 Å². The Hall–Kier alpha value is -3.00. The average molecular weight is 384 g/mol. The number of rotatable bonds is 7. The molecule has 0 aliphatic carbocycles. The lowest BCUT2D eigenvalue weighted by Crippen LogP contribution is -2.41. The van der Waals surface area contributed by atoms with Crippen molar-refractivity contribution >= 4 is 29.0 Å².